The zero-order chi connectivity index (χ0) is 21.9. The third kappa shape index (κ3) is 17.5. The summed E-state index contributed by atoms with van der Waals surface area (Å²) in [5, 5.41) is 2.03. The first-order valence-corrected chi connectivity index (χ1v) is 14.4. The molecule has 1 aliphatic heterocycles. The Morgan fingerprint density at radius 2 is 1.20 bits per heavy atom. The molecule has 2 nitrogen and oxygen atoms in total. The van der Waals surface area contributed by atoms with Crippen LogP contribution in [0.4, 0.5) is 0 Å². The first-order chi connectivity index (χ1) is 14.6. The molecule has 0 aromatic rings. The van der Waals surface area contributed by atoms with Crippen molar-refractivity contribution in [2.75, 3.05) is 6.61 Å². The fourth-order valence-electron chi connectivity index (χ4n) is 4.15. The van der Waals surface area contributed by atoms with Gasteiger partial charge in [0, 0.05) is 16.9 Å². The Morgan fingerprint density at radius 1 is 0.733 bits per heavy atom. The molecule has 1 rings (SSSR count). The maximum absolute atomic E-state index is 11.6. The molecule has 3 heteroatoms. The molecule has 0 bridgehead atoms. The number of esters is 1. The highest BCUT2D eigenvalue weighted by atomic mass is 32.2. The highest BCUT2D eigenvalue weighted by Crippen LogP contribution is 2.47. The molecule has 2 atom stereocenters. The molecule has 1 saturated heterocycles. The lowest BCUT2D eigenvalue weighted by Crippen LogP contribution is -2.07. The largest absolute Gasteiger partial charge is 0.466 e. The van der Waals surface area contributed by atoms with Crippen molar-refractivity contribution in [2.45, 2.75) is 153 Å². The van der Waals surface area contributed by atoms with Gasteiger partial charge in [-0.2, -0.15) is 11.8 Å². The Morgan fingerprint density at radius 3 is 1.70 bits per heavy atom. The number of carbonyl (C=O) groups is 1. The summed E-state index contributed by atoms with van der Waals surface area (Å²) >= 11 is 2.26. The second kappa shape index (κ2) is 19.5. The van der Waals surface area contributed by atoms with Gasteiger partial charge in [-0.15, -0.1) is 0 Å². The lowest BCUT2D eigenvalue weighted by Gasteiger charge is -2.06. The van der Waals surface area contributed by atoms with Crippen molar-refractivity contribution < 1.29 is 9.53 Å². The van der Waals surface area contributed by atoms with Crippen molar-refractivity contribution >= 4 is 17.7 Å². The van der Waals surface area contributed by atoms with Crippen LogP contribution >= 0.6 is 11.8 Å². The number of ether oxygens (including phenoxy) is 1. The first-order valence-electron chi connectivity index (χ1n) is 13.4. The monoisotopic (exact) mass is 440 g/mol. The zero-order valence-electron chi connectivity index (χ0n) is 20.6. The number of unbranched alkanes of at least 4 members (excludes halogenated alkanes) is 13. The van der Waals surface area contributed by atoms with E-state index in [-0.39, 0.29) is 5.97 Å². The summed E-state index contributed by atoms with van der Waals surface area (Å²) in [5.74, 6) is 0.607. The van der Waals surface area contributed by atoms with E-state index in [2.05, 4.69) is 32.5 Å². The van der Waals surface area contributed by atoms with Gasteiger partial charge in [-0.1, -0.05) is 111 Å². The molecule has 0 aliphatic carbocycles. The molecular weight excluding hydrogens is 388 g/mol. The van der Waals surface area contributed by atoms with Crippen molar-refractivity contribution in [1.82, 2.24) is 0 Å². The Kier molecular flexibility index (Phi) is 18.1. The van der Waals surface area contributed by atoms with Crippen LogP contribution < -0.4 is 0 Å². The molecule has 0 radical (unpaired) electrons. The number of carbonyl (C=O) groups excluding carboxylic acids is 1. The minimum absolute atomic E-state index is 0.00121. The van der Waals surface area contributed by atoms with E-state index < -0.39 is 0 Å². The molecule has 30 heavy (non-hydrogen) atoms. The van der Waals surface area contributed by atoms with E-state index in [1.54, 1.807) is 0 Å². The molecule has 178 valence electrons. The van der Waals surface area contributed by atoms with E-state index in [9.17, 15) is 4.79 Å². The minimum Gasteiger partial charge on any atom is -0.466 e. The van der Waals surface area contributed by atoms with Gasteiger partial charge in [0.2, 0.25) is 0 Å². The molecule has 0 N–H and O–H groups in total. The summed E-state index contributed by atoms with van der Waals surface area (Å²) in [5.41, 5.74) is 0. The van der Waals surface area contributed by atoms with E-state index >= 15 is 0 Å². The predicted molar refractivity (Wildman–Crippen MR) is 134 cm³/mol. The Balaban J connectivity index is 1.73. The van der Waals surface area contributed by atoms with Crippen molar-refractivity contribution in [3.05, 3.63) is 0 Å². The smallest absolute Gasteiger partial charge is 0.305 e. The van der Waals surface area contributed by atoms with Crippen LogP contribution in [0.1, 0.15) is 143 Å². The van der Waals surface area contributed by atoms with Crippen LogP contribution in [0.25, 0.3) is 0 Å². The summed E-state index contributed by atoms with van der Waals surface area (Å²) in [4.78, 5) is 11.6. The normalized spacial score (nSPS) is 18.1. The predicted octanol–water partition coefficient (Wildman–Crippen LogP) is 9.10. The topological polar surface area (TPSA) is 26.3 Å². The van der Waals surface area contributed by atoms with Crippen LogP contribution in [-0.2, 0) is 9.53 Å². The molecular formula is C27H52O2S. The maximum atomic E-state index is 11.6. The van der Waals surface area contributed by atoms with E-state index in [1.807, 2.05) is 0 Å². The number of hydrogen-bond donors (Lipinski definition) is 0. The van der Waals surface area contributed by atoms with Gasteiger partial charge >= 0.3 is 5.97 Å². The Labute approximate surface area is 193 Å². The third-order valence-corrected chi connectivity index (χ3v) is 7.87. The third-order valence-electron chi connectivity index (χ3n) is 6.36. The fraction of sp³-hybridized carbons (Fsp3) is 0.963. The molecule has 0 aromatic heterocycles. The molecule has 0 aromatic carbocycles. The van der Waals surface area contributed by atoms with Gasteiger partial charge in [-0.3, -0.25) is 4.79 Å². The average molecular weight is 441 g/mol. The quantitative estimate of drug-likeness (QED) is 0.0953. The molecule has 1 heterocycles. The lowest BCUT2D eigenvalue weighted by atomic mass is 10.0. The number of hydrogen-bond acceptors (Lipinski definition) is 3. The van der Waals surface area contributed by atoms with Gasteiger partial charge in [-0.25, -0.2) is 0 Å². The van der Waals surface area contributed by atoms with Crippen molar-refractivity contribution in [2.24, 2.45) is 5.92 Å². The molecule has 1 aliphatic rings. The van der Waals surface area contributed by atoms with Crippen LogP contribution in [0, 0.1) is 5.92 Å². The van der Waals surface area contributed by atoms with Crippen LogP contribution in [0.3, 0.4) is 0 Å². The van der Waals surface area contributed by atoms with Crippen LogP contribution in [-0.4, -0.2) is 23.1 Å². The van der Waals surface area contributed by atoms with E-state index in [0.717, 1.165) is 23.3 Å². The Hall–Kier alpha value is -0.180. The van der Waals surface area contributed by atoms with Gasteiger partial charge in [0.15, 0.2) is 0 Å². The fourth-order valence-corrected chi connectivity index (χ4v) is 5.38. The zero-order valence-corrected chi connectivity index (χ0v) is 21.4. The SMILES string of the molecule is CCCCCCCCC1SC1CCCCCCCCCCCC(=O)OCCC(C)C. The summed E-state index contributed by atoms with van der Waals surface area (Å²) < 4.78 is 5.26. The van der Waals surface area contributed by atoms with Gasteiger partial charge < -0.3 is 4.74 Å². The van der Waals surface area contributed by atoms with E-state index in [1.165, 1.54) is 103 Å². The molecule has 0 spiro atoms. The summed E-state index contributed by atoms with van der Waals surface area (Å²) in [7, 11) is 0. The average Bonchev–Trinajstić information content (AvgIpc) is 3.46. The van der Waals surface area contributed by atoms with Crippen LogP contribution in [0.15, 0.2) is 0 Å². The van der Waals surface area contributed by atoms with Gasteiger partial charge in [0.05, 0.1) is 6.61 Å². The van der Waals surface area contributed by atoms with E-state index in [0.29, 0.717) is 18.9 Å². The summed E-state index contributed by atoms with van der Waals surface area (Å²) in [6.07, 6.45) is 25.0. The van der Waals surface area contributed by atoms with E-state index in [4.69, 9.17) is 4.74 Å². The molecule has 2 unspecified atom stereocenters. The van der Waals surface area contributed by atoms with Crippen molar-refractivity contribution in [1.29, 1.82) is 0 Å². The second-order valence-electron chi connectivity index (χ2n) is 9.89. The van der Waals surface area contributed by atoms with Crippen molar-refractivity contribution in [3.63, 3.8) is 0 Å². The van der Waals surface area contributed by atoms with Crippen molar-refractivity contribution in [3.8, 4) is 0 Å². The molecule has 1 fully saturated rings. The van der Waals surface area contributed by atoms with Gasteiger partial charge in [0.1, 0.15) is 0 Å². The minimum atomic E-state index is -0.00121. The van der Waals surface area contributed by atoms with Crippen LogP contribution in [0.2, 0.25) is 0 Å². The standard InChI is InChI=1S/C27H52O2S/c1-4-5-6-7-13-16-19-25-26(30-25)20-17-14-11-9-8-10-12-15-18-21-27(28)29-23-22-24(2)3/h24-26H,4-23H2,1-3H3. The molecule has 0 saturated carbocycles. The maximum Gasteiger partial charge on any atom is 0.305 e. The van der Waals surface area contributed by atoms with Crippen LogP contribution in [0.5, 0.6) is 0 Å². The highest BCUT2D eigenvalue weighted by molar-refractivity contribution is 8.07. The molecule has 0 amide bonds. The first kappa shape index (κ1) is 27.9. The number of rotatable bonds is 22. The van der Waals surface area contributed by atoms with Gasteiger partial charge in [-0.05, 0) is 31.6 Å². The highest BCUT2D eigenvalue weighted by Gasteiger charge is 2.36. The Bertz CT molecular complexity index is 396. The summed E-state index contributed by atoms with van der Waals surface area (Å²) in [6, 6.07) is 0. The lowest BCUT2D eigenvalue weighted by molar-refractivity contribution is -0.144. The number of thioether (sulfide) groups is 1. The van der Waals surface area contributed by atoms with Gasteiger partial charge in [0.25, 0.3) is 0 Å². The second-order valence-corrected chi connectivity index (χ2v) is 11.4. The summed E-state index contributed by atoms with van der Waals surface area (Å²) in [6.45, 7) is 7.21.